The number of halogens is 3. The summed E-state index contributed by atoms with van der Waals surface area (Å²) in [5, 5.41) is 0. The van der Waals surface area contributed by atoms with Crippen molar-refractivity contribution in [3.05, 3.63) is 0 Å². The van der Waals surface area contributed by atoms with E-state index in [-0.39, 0.29) is 0 Å². The normalized spacial score (nSPS) is 21.1. The topological polar surface area (TPSA) is 63.6 Å². The predicted molar refractivity (Wildman–Crippen MR) is 48.0 cm³/mol. The van der Waals surface area contributed by atoms with Gasteiger partial charge in [-0.25, -0.2) is 0 Å². The van der Waals surface area contributed by atoms with Crippen LogP contribution in [0, 0.1) is 0 Å². The summed E-state index contributed by atoms with van der Waals surface area (Å²) in [6.45, 7) is 1.01. The van der Waals surface area contributed by atoms with E-state index in [9.17, 15) is 13.2 Å². The van der Waals surface area contributed by atoms with E-state index in [1.165, 1.54) is 18.6 Å². The van der Waals surface area contributed by atoms with E-state index in [4.69, 9.17) is 17.2 Å². The summed E-state index contributed by atoms with van der Waals surface area (Å²) in [7, 11) is -5.84. The minimum atomic E-state index is -5.84. The molecule has 0 aromatic rings. The van der Waals surface area contributed by atoms with E-state index in [2.05, 4.69) is 0 Å². The Hall–Kier alpha value is 0.01000. The molecular weight excluding hydrogens is 245 g/mol. The Morgan fingerprint density at radius 3 is 1.86 bits per heavy atom. The Morgan fingerprint density at radius 2 is 1.79 bits per heavy atom. The molecule has 0 saturated carbocycles. The summed E-state index contributed by atoms with van der Waals surface area (Å²) in [5.41, 5.74) is -5.53. The fourth-order valence-electron chi connectivity index (χ4n) is 0.516. The van der Waals surface area contributed by atoms with Crippen LogP contribution in [0.2, 0.25) is 0 Å². The van der Waals surface area contributed by atoms with E-state index >= 15 is 0 Å². The molecule has 0 amide bonds. The average molecular weight is 256 g/mol. The second kappa shape index (κ2) is 5.79. The van der Waals surface area contributed by atoms with Crippen LogP contribution in [0.3, 0.4) is 0 Å². The van der Waals surface area contributed by atoms with Gasteiger partial charge in [-0.1, -0.05) is 0 Å². The lowest BCUT2D eigenvalue weighted by Gasteiger charge is -2.10. The van der Waals surface area contributed by atoms with Crippen molar-refractivity contribution in [3.8, 4) is 0 Å². The molecule has 0 spiro atoms. The maximum Gasteiger partial charge on any atom is 0.522 e. The summed E-state index contributed by atoms with van der Waals surface area (Å²) in [5.74, 6) is 1.31. The highest BCUT2D eigenvalue weighted by molar-refractivity contribution is 7.94. The van der Waals surface area contributed by atoms with Crippen molar-refractivity contribution in [1.82, 2.24) is 0 Å². The first-order chi connectivity index (χ1) is 6.25. The van der Waals surface area contributed by atoms with E-state index in [1.54, 1.807) is 0 Å². The monoisotopic (exact) mass is 256 g/mol. The molecule has 9 heteroatoms. The summed E-state index contributed by atoms with van der Waals surface area (Å²) < 4.78 is 62.6. The van der Waals surface area contributed by atoms with Crippen molar-refractivity contribution < 1.29 is 30.3 Å². The van der Waals surface area contributed by atoms with Crippen molar-refractivity contribution in [3.63, 3.8) is 0 Å². The molecule has 1 aliphatic heterocycles. The van der Waals surface area contributed by atoms with Gasteiger partial charge in [0.2, 0.25) is 0 Å². The van der Waals surface area contributed by atoms with Crippen molar-refractivity contribution in [2.24, 2.45) is 0 Å². The first-order valence-corrected chi connectivity index (χ1v) is 6.19. The third kappa shape index (κ3) is 6.46. The number of hydrogen-bond donors (Lipinski definition) is 1. The minimum Gasteiger partial charge on any atom is -0.342 e. The lowest BCUT2D eigenvalue weighted by atomic mass is 10.4. The molecule has 14 heavy (non-hydrogen) atoms. The largest absolute Gasteiger partial charge is 0.522 e. The summed E-state index contributed by atoms with van der Waals surface area (Å²) in [6.07, 6.45) is 2.67. The molecule has 4 nitrogen and oxygen atoms in total. The Bertz CT molecular complexity index is 233. The van der Waals surface area contributed by atoms with E-state index in [0.717, 1.165) is 18.6 Å². The molecule has 1 N–H and O–H groups in total. The molecule has 88 valence electrons. The SMILES string of the molecule is C1CC[SH2]OC1.O=S(=O)(O)C(F)(F)F. The zero-order chi connectivity index (χ0) is 11.2. The zero-order valence-electron chi connectivity index (χ0n) is 7.04. The predicted octanol–water partition coefficient (Wildman–Crippen LogP) is 1.30. The smallest absolute Gasteiger partial charge is 0.342 e. The van der Waals surface area contributed by atoms with Gasteiger partial charge in [-0.2, -0.15) is 33.6 Å². The van der Waals surface area contributed by atoms with Crippen LogP contribution in [0.1, 0.15) is 12.8 Å². The maximum absolute atomic E-state index is 10.7. The highest BCUT2D eigenvalue weighted by Crippen LogP contribution is 2.20. The van der Waals surface area contributed by atoms with Crippen molar-refractivity contribution in [1.29, 1.82) is 0 Å². The quantitative estimate of drug-likeness (QED) is 0.524. The number of alkyl halides is 3. The maximum atomic E-state index is 10.7. The standard InChI is InChI=1S/C4H10OS.CHF3O3S/c1-2-4-6-5-3-1;2-1(3,4)8(5,6)7/h1-4,6H2;(H,5,6,7). The molecule has 0 bridgehead atoms. The van der Waals surface area contributed by atoms with Crippen LogP contribution >= 0.6 is 12.0 Å². The first-order valence-electron chi connectivity index (χ1n) is 3.63. The van der Waals surface area contributed by atoms with Crippen LogP contribution in [0.5, 0.6) is 0 Å². The Balaban J connectivity index is 0.000000249. The van der Waals surface area contributed by atoms with Crippen LogP contribution in [0.15, 0.2) is 0 Å². The molecular formula is C5H11F3O4S2. The molecule has 0 aromatic carbocycles. The molecule has 1 rings (SSSR count). The van der Waals surface area contributed by atoms with Crippen molar-refractivity contribution in [2.45, 2.75) is 18.3 Å². The molecule has 0 aliphatic carbocycles. The van der Waals surface area contributed by atoms with Crippen LogP contribution in [0.25, 0.3) is 0 Å². The highest BCUT2D eigenvalue weighted by atomic mass is 32.2. The zero-order valence-corrected chi connectivity index (χ0v) is 8.86. The lowest BCUT2D eigenvalue weighted by molar-refractivity contribution is -0.0510. The minimum absolute atomic E-state index is 0.802. The van der Waals surface area contributed by atoms with Crippen molar-refractivity contribution in [2.75, 3.05) is 12.4 Å². The van der Waals surface area contributed by atoms with Gasteiger partial charge in [0.1, 0.15) is 0 Å². The third-order valence-electron chi connectivity index (χ3n) is 1.17. The first kappa shape index (κ1) is 14.0. The van der Waals surface area contributed by atoms with Gasteiger partial charge in [0.25, 0.3) is 0 Å². The van der Waals surface area contributed by atoms with E-state index in [0.29, 0.717) is 0 Å². The number of rotatable bonds is 0. The molecule has 0 unspecified atom stereocenters. The van der Waals surface area contributed by atoms with Gasteiger partial charge in [-0.05, 0) is 18.6 Å². The van der Waals surface area contributed by atoms with Gasteiger partial charge < -0.3 is 4.18 Å². The van der Waals surface area contributed by atoms with Crippen LogP contribution in [-0.2, 0) is 14.3 Å². The van der Waals surface area contributed by atoms with Crippen LogP contribution in [-0.4, -0.2) is 30.8 Å². The third-order valence-corrected chi connectivity index (χ3v) is 2.72. The van der Waals surface area contributed by atoms with Gasteiger partial charge in [0, 0.05) is 0 Å². The van der Waals surface area contributed by atoms with Gasteiger partial charge in [-0.3, -0.25) is 4.55 Å². The van der Waals surface area contributed by atoms with Crippen LogP contribution < -0.4 is 0 Å². The van der Waals surface area contributed by atoms with Crippen molar-refractivity contribution >= 4 is 22.2 Å². The molecule has 1 fully saturated rings. The molecule has 0 aromatic heterocycles. The van der Waals surface area contributed by atoms with E-state index < -0.39 is 15.6 Å². The lowest BCUT2D eigenvalue weighted by Crippen LogP contribution is -2.21. The molecule has 1 heterocycles. The summed E-state index contributed by atoms with van der Waals surface area (Å²) in [6, 6.07) is 0. The Morgan fingerprint density at radius 1 is 1.29 bits per heavy atom. The highest BCUT2D eigenvalue weighted by Gasteiger charge is 2.44. The molecule has 0 atom stereocenters. The van der Waals surface area contributed by atoms with Gasteiger partial charge >= 0.3 is 15.6 Å². The van der Waals surface area contributed by atoms with Crippen LogP contribution in [0.4, 0.5) is 13.2 Å². The molecule has 1 aliphatic rings. The van der Waals surface area contributed by atoms with Gasteiger partial charge in [-0.15, -0.1) is 0 Å². The number of hydrogen-bond acceptors (Lipinski definition) is 3. The van der Waals surface area contributed by atoms with Gasteiger partial charge in [0.15, 0.2) is 0 Å². The average Bonchev–Trinajstić information content (AvgIpc) is 2.05. The van der Waals surface area contributed by atoms with Gasteiger partial charge in [0.05, 0.1) is 6.61 Å². The van der Waals surface area contributed by atoms with E-state index in [1.807, 2.05) is 0 Å². The second-order valence-electron chi connectivity index (χ2n) is 2.37. The molecule has 0 radical (unpaired) electrons. The Labute approximate surface area is 83.8 Å². The second-order valence-corrected chi connectivity index (χ2v) is 4.86. The fraction of sp³-hybridized carbons (Fsp3) is 1.00. The molecule has 1 saturated heterocycles. The summed E-state index contributed by atoms with van der Waals surface area (Å²) in [4.78, 5) is 0. The summed E-state index contributed by atoms with van der Waals surface area (Å²) >= 11 is 0.802. The fourth-order valence-corrected chi connectivity index (χ4v) is 1.34. The Kier molecular flexibility index (Phi) is 5.79.